The summed E-state index contributed by atoms with van der Waals surface area (Å²) < 4.78 is 9.93. The van der Waals surface area contributed by atoms with Gasteiger partial charge in [-0.3, -0.25) is 14.5 Å². The second kappa shape index (κ2) is 8.32. The summed E-state index contributed by atoms with van der Waals surface area (Å²) in [6.45, 7) is 1.28. The van der Waals surface area contributed by atoms with Crippen LogP contribution in [-0.4, -0.2) is 54.9 Å². The largest absolute Gasteiger partial charge is 0.469 e. The fourth-order valence-electron chi connectivity index (χ4n) is 4.22. The van der Waals surface area contributed by atoms with E-state index < -0.39 is 30.1 Å². The molecule has 0 amide bonds. The number of esters is 2. The van der Waals surface area contributed by atoms with Crippen molar-refractivity contribution in [2.24, 2.45) is 5.92 Å². The molecule has 2 aromatic rings. The number of methoxy groups -OCH3 is 2. The van der Waals surface area contributed by atoms with Crippen LogP contribution in [0, 0.1) is 5.92 Å². The van der Waals surface area contributed by atoms with E-state index in [9.17, 15) is 9.59 Å². The van der Waals surface area contributed by atoms with Crippen LogP contribution in [0.2, 0.25) is 0 Å². The Labute approximate surface area is 169 Å². The van der Waals surface area contributed by atoms with Crippen molar-refractivity contribution < 1.29 is 23.9 Å². The number of fused-ring (bicyclic) bond motifs is 1. The number of ether oxygens (including phenoxy) is 2. The second-order valence-corrected chi connectivity index (χ2v) is 7.21. The maximum Gasteiger partial charge on any atom is 0.338 e. The van der Waals surface area contributed by atoms with Gasteiger partial charge in [-0.25, -0.2) is 4.79 Å². The molecule has 2 aliphatic rings. The highest BCUT2D eigenvalue weighted by Crippen LogP contribution is 2.44. The van der Waals surface area contributed by atoms with Gasteiger partial charge in [0.25, 0.3) is 0 Å². The van der Waals surface area contributed by atoms with E-state index in [0.717, 1.165) is 11.1 Å². The van der Waals surface area contributed by atoms with E-state index >= 15 is 0 Å². The van der Waals surface area contributed by atoms with E-state index in [1.54, 1.807) is 5.06 Å². The minimum atomic E-state index is -1.04. The lowest BCUT2D eigenvalue weighted by Gasteiger charge is -2.26. The first-order chi connectivity index (χ1) is 14.1. The molecule has 7 nitrogen and oxygen atoms in total. The molecule has 2 saturated heterocycles. The van der Waals surface area contributed by atoms with Gasteiger partial charge >= 0.3 is 11.9 Å². The molecule has 0 unspecified atom stereocenters. The molecule has 0 bridgehead atoms. The predicted octanol–water partition coefficient (Wildman–Crippen LogP) is 2.15. The molecule has 4 rings (SSSR count). The molecule has 2 aliphatic heterocycles. The van der Waals surface area contributed by atoms with Crippen molar-refractivity contribution in [1.82, 2.24) is 9.96 Å². The lowest BCUT2D eigenvalue weighted by atomic mass is 9.99. The molecular weight excluding hydrogens is 372 g/mol. The first-order valence-corrected chi connectivity index (χ1v) is 9.57. The van der Waals surface area contributed by atoms with Gasteiger partial charge < -0.3 is 9.47 Å². The minimum absolute atomic E-state index is 0.119. The van der Waals surface area contributed by atoms with Gasteiger partial charge in [0.05, 0.1) is 20.3 Å². The summed E-state index contributed by atoms with van der Waals surface area (Å²) in [7, 11) is 2.62. The van der Waals surface area contributed by atoms with Crippen LogP contribution in [0.1, 0.15) is 17.2 Å². The van der Waals surface area contributed by atoms with Gasteiger partial charge in [-0.05, 0) is 11.1 Å². The van der Waals surface area contributed by atoms with Crippen molar-refractivity contribution in [3.63, 3.8) is 0 Å². The molecule has 0 N–H and O–H groups in total. The number of carbonyl (C=O) groups is 2. The van der Waals surface area contributed by atoms with E-state index in [-0.39, 0.29) is 6.04 Å². The Bertz CT molecular complexity index is 860. The summed E-state index contributed by atoms with van der Waals surface area (Å²) in [5.74, 6) is -1.87. The lowest BCUT2D eigenvalue weighted by Crippen LogP contribution is -2.45. The highest BCUT2D eigenvalue weighted by Gasteiger charge is 2.59. The maximum atomic E-state index is 12.7. The summed E-state index contributed by atoms with van der Waals surface area (Å²) in [5.41, 5.74) is 2.17. The van der Waals surface area contributed by atoms with E-state index in [1.807, 2.05) is 60.7 Å². The Morgan fingerprint density at radius 1 is 0.966 bits per heavy atom. The van der Waals surface area contributed by atoms with Gasteiger partial charge in [0.15, 0.2) is 6.10 Å². The molecule has 7 heteroatoms. The average molecular weight is 396 g/mol. The number of hydrogen-bond acceptors (Lipinski definition) is 7. The fraction of sp³-hybridized carbons (Fsp3) is 0.364. The van der Waals surface area contributed by atoms with Gasteiger partial charge in [0.2, 0.25) is 0 Å². The Morgan fingerprint density at radius 2 is 1.59 bits per heavy atom. The Kier molecular flexibility index (Phi) is 5.62. The average Bonchev–Trinajstić information content (AvgIpc) is 3.32. The topological polar surface area (TPSA) is 68.3 Å². The third-order valence-corrected chi connectivity index (χ3v) is 5.55. The quantitative estimate of drug-likeness (QED) is 0.718. The molecule has 0 radical (unpaired) electrons. The minimum Gasteiger partial charge on any atom is -0.469 e. The van der Waals surface area contributed by atoms with Crippen LogP contribution in [0.3, 0.4) is 0 Å². The van der Waals surface area contributed by atoms with Crippen molar-refractivity contribution in [3.05, 3.63) is 71.8 Å². The molecule has 2 heterocycles. The SMILES string of the molecule is COC(=O)[C@H]1[C@@H]2N(Cc3ccccc3)C[C@@H](c3ccccc3)N2O[C@H]1C(=O)OC. The van der Waals surface area contributed by atoms with E-state index in [4.69, 9.17) is 14.3 Å². The fourth-order valence-corrected chi connectivity index (χ4v) is 4.22. The lowest BCUT2D eigenvalue weighted by molar-refractivity contribution is -0.197. The maximum absolute atomic E-state index is 12.7. The van der Waals surface area contributed by atoms with Crippen LogP contribution in [0.25, 0.3) is 0 Å². The monoisotopic (exact) mass is 396 g/mol. The molecule has 2 aromatic carbocycles. The third-order valence-electron chi connectivity index (χ3n) is 5.55. The predicted molar refractivity (Wildman–Crippen MR) is 104 cm³/mol. The van der Waals surface area contributed by atoms with E-state index in [1.165, 1.54) is 14.2 Å². The Morgan fingerprint density at radius 3 is 2.21 bits per heavy atom. The van der Waals surface area contributed by atoms with Gasteiger partial charge in [-0.1, -0.05) is 60.7 Å². The number of rotatable bonds is 5. The number of nitrogens with zero attached hydrogens (tertiary/aromatic N) is 2. The van der Waals surface area contributed by atoms with Gasteiger partial charge in [0, 0.05) is 13.1 Å². The zero-order valence-electron chi connectivity index (χ0n) is 16.4. The number of benzene rings is 2. The molecule has 0 spiro atoms. The number of carbonyl (C=O) groups excluding carboxylic acids is 2. The molecular formula is C22H24N2O5. The van der Waals surface area contributed by atoms with Crippen molar-refractivity contribution in [2.75, 3.05) is 20.8 Å². The Balaban J connectivity index is 1.71. The molecule has 4 atom stereocenters. The summed E-state index contributed by atoms with van der Waals surface area (Å²) in [4.78, 5) is 33.2. The highest BCUT2D eigenvalue weighted by molar-refractivity contribution is 5.85. The third kappa shape index (κ3) is 3.64. The summed E-state index contributed by atoms with van der Waals surface area (Å²) in [6.07, 6.45) is -1.47. The standard InChI is InChI=1S/C22H24N2O5/c1-27-21(25)18-19(22(26)28-2)29-24-17(16-11-7-4-8-12-16)14-23(20(18)24)13-15-9-5-3-6-10-15/h3-12,17-20H,13-14H2,1-2H3/t17-,18+,19+,20+/m0/s1. The zero-order chi connectivity index (χ0) is 20.4. The van der Waals surface area contributed by atoms with Crippen LogP contribution in [0.4, 0.5) is 0 Å². The molecule has 0 aliphatic carbocycles. The summed E-state index contributed by atoms with van der Waals surface area (Å²) in [6, 6.07) is 19.8. The van der Waals surface area contributed by atoms with Crippen molar-refractivity contribution >= 4 is 11.9 Å². The van der Waals surface area contributed by atoms with E-state index in [2.05, 4.69) is 4.90 Å². The van der Waals surface area contributed by atoms with Crippen LogP contribution in [-0.2, 0) is 30.4 Å². The number of hydroxylamine groups is 2. The van der Waals surface area contributed by atoms with Crippen LogP contribution in [0.15, 0.2) is 60.7 Å². The zero-order valence-corrected chi connectivity index (χ0v) is 16.4. The smallest absolute Gasteiger partial charge is 0.338 e. The van der Waals surface area contributed by atoms with Crippen molar-refractivity contribution in [2.45, 2.75) is 24.9 Å². The van der Waals surface area contributed by atoms with Crippen LogP contribution in [0.5, 0.6) is 0 Å². The van der Waals surface area contributed by atoms with Gasteiger partial charge in [0.1, 0.15) is 12.1 Å². The van der Waals surface area contributed by atoms with Crippen molar-refractivity contribution in [1.29, 1.82) is 0 Å². The van der Waals surface area contributed by atoms with Crippen LogP contribution >= 0.6 is 0 Å². The van der Waals surface area contributed by atoms with Gasteiger partial charge in [-0.2, -0.15) is 5.06 Å². The van der Waals surface area contributed by atoms with E-state index in [0.29, 0.717) is 13.1 Å². The first-order valence-electron chi connectivity index (χ1n) is 9.57. The molecule has 29 heavy (non-hydrogen) atoms. The molecule has 0 aromatic heterocycles. The molecule has 2 fully saturated rings. The number of hydrogen-bond donors (Lipinski definition) is 0. The second-order valence-electron chi connectivity index (χ2n) is 7.21. The normalized spacial score (nSPS) is 26.8. The highest BCUT2D eigenvalue weighted by atomic mass is 16.7. The van der Waals surface area contributed by atoms with Crippen LogP contribution < -0.4 is 0 Å². The Hall–Kier alpha value is -2.74. The first kappa shape index (κ1) is 19.6. The van der Waals surface area contributed by atoms with Crippen molar-refractivity contribution in [3.8, 4) is 0 Å². The van der Waals surface area contributed by atoms with Gasteiger partial charge in [-0.15, -0.1) is 0 Å². The molecule has 152 valence electrons. The summed E-state index contributed by atoms with van der Waals surface area (Å²) in [5, 5.41) is 1.77. The molecule has 0 saturated carbocycles. The summed E-state index contributed by atoms with van der Waals surface area (Å²) >= 11 is 0.